The molecule has 1 aliphatic rings. The van der Waals surface area contributed by atoms with E-state index in [4.69, 9.17) is 4.74 Å². The second-order valence-electron chi connectivity index (χ2n) is 7.01. The van der Waals surface area contributed by atoms with Crippen LogP contribution in [0.5, 0.6) is 0 Å². The van der Waals surface area contributed by atoms with E-state index >= 15 is 0 Å². The summed E-state index contributed by atoms with van der Waals surface area (Å²) in [6.45, 7) is 0.944. The van der Waals surface area contributed by atoms with Crippen molar-refractivity contribution in [3.63, 3.8) is 0 Å². The van der Waals surface area contributed by atoms with Crippen LogP contribution < -0.4 is 5.56 Å². The standard InChI is InChI=1S/C22H20BrN3O3/c1-29-22(28)19-10-15-7-8-17(23)9-16(15)12-26(19)13-18-11-20(27)25-21(24-18)14-5-3-2-4-6-14/h2-9,11,19H,10,12-13H2,1H3,(H,24,25,27). The maximum atomic E-state index is 12.4. The predicted octanol–water partition coefficient (Wildman–Crippen LogP) is 3.30. The maximum absolute atomic E-state index is 12.4. The van der Waals surface area contributed by atoms with Crippen molar-refractivity contribution in [3.05, 3.63) is 86.2 Å². The molecule has 0 spiro atoms. The van der Waals surface area contributed by atoms with E-state index in [0.29, 0.717) is 31.0 Å². The number of aromatic nitrogens is 2. The molecule has 0 saturated carbocycles. The lowest BCUT2D eigenvalue weighted by Crippen LogP contribution is -2.45. The third-order valence-corrected chi connectivity index (χ3v) is 5.57. The summed E-state index contributed by atoms with van der Waals surface area (Å²) >= 11 is 3.51. The average Bonchev–Trinajstić information content (AvgIpc) is 2.73. The van der Waals surface area contributed by atoms with E-state index < -0.39 is 6.04 Å². The van der Waals surface area contributed by atoms with Crippen LogP contribution >= 0.6 is 15.9 Å². The number of benzene rings is 2. The van der Waals surface area contributed by atoms with Gasteiger partial charge in [0.05, 0.1) is 12.8 Å². The van der Waals surface area contributed by atoms with Crippen molar-refractivity contribution in [2.75, 3.05) is 7.11 Å². The van der Waals surface area contributed by atoms with Gasteiger partial charge in [0.15, 0.2) is 0 Å². The van der Waals surface area contributed by atoms with Crippen molar-refractivity contribution in [3.8, 4) is 11.4 Å². The molecule has 1 unspecified atom stereocenters. The molecule has 7 heteroatoms. The first-order valence-corrected chi connectivity index (χ1v) is 10.1. The minimum atomic E-state index is -0.421. The quantitative estimate of drug-likeness (QED) is 0.613. The second kappa shape index (κ2) is 8.31. The summed E-state index contributed by atoms with van der Waals surface area (Å²) in [5.74, 6) is 0.231. The molecule has 1 N–H and O–H groups in total. The Labute approximate surface area is 176 Å². The zero-order chi connectivity index (χ0) is 20.4. The number of ether oxygens (including phenoxy) is 1. The second-order valence-corrected chi connectivity index (χ2v) is 7.93. The largest absolute Gasteiger partial charge is 0.468 e. The van der Waals surface area contributed by atoms with E-state index in [2.05, 4.69) is 32.0 Å². The van der Waals surface area contributed by atoms with Crippen molar-refractivity contribution in [1.29, 1.82) is 0 Å². The van der Waals surface area contributed by atoms with Crippen molar-refractivity contribution in [2.45, 2.75) is 25.6 Å². The molecule has 0 fully saturated rings. The first kappa shape index (κ1) is 19.5. The number of nitrogens with one attached hydrogen (secondary N) is 1. The molecule has 0 saturated heterocycles. The molecule has 2 aromatic carbocycles. The summed E-state index contributed by atoms with van der Waals surface area (Å²) in [7, 11) is 1.40. The van der Waals surface area contributed by atoms with E-state index in [0.717, 1.165) is 21.2 Å². The number of hydrogen-bond donors (Lipinski definition) is 1. The number of hydrogen-bond acceptors (Lipinski definition) is 5. The Balaban J connectivity index is 1.67. The highest BCUT2D eigenvalue weighted by atomic mass is 79.9. The highest BCUT2D eigenvalue weighted by Crippen LogP contribution is 2.28. The molecule has 0 radical (unpaired) electrons. The van der Waals surface area contributed by atoms with E-state index in [1.165, 1.54) is 13.2 Å². The van der Waals surface area contributed by atoms with Crippen LogP contribution in [0, 0.1) is 0 Å². The fraction of sp³-hybridized carbons (Fsp3) is 0.227. The van der Waals surface area contributed by atoms with Gasteiger partial charge in [-0.05, 0) is 29.7 Å². The Kier molecular flexibility index (Phi) is 5.60. The zero-order valence-corrected chi connectivity index (χ0v) is 17.5. The molecule has 1 aliphatic heterocycles. The summed E-state index contributed by atoms with van der Waals surface area (Å²) in [6.07, 6.45) is 0.560. The first-order valence-electron chi connectivity index (χ1n) is 9.28. The molecule has 3 aromatic rings. The van der Waals surface area contributed by atoms with E-state index in [-0.39, 0.29) is 11.5 Å². The number of halogens is 1. The third kappa shape index (κ3) is 4.31. The summed E-state index contributed by atoms with van der Waals surface area (Å²) in [5.41, 5.74) is 3.50. The molecule has 4 rings (SSSR count). The van der Waals surface area contributed by atoms with Crippen LogP contribution in [0.15, 0.2) is 63.9 Å². The minimum absolute atomic E-state index is 0.219. The van der Waals surface area contributed by atoms with Crippen LogP contribution in [0.25, 0.3) is 11.4 Å². The summed E-state index contributed by atoms with van der Waals surface area (Å²) in [5, 5.41) is 0. The fourth-order valence-electron chi connectivity index (χ4n) is 3.67. The Hall–Kier alpha value is -2.77. The van der Waals surface area contributed by atoms with Gasteiger partial charge in [-0.25, -0.2) is 4.98 Å². The van der Waals surface area contributed by atoms with Crippen LogP contribution in [0.2, 0.25) is 0 Å². The van der Waals surface area contributed by atoms with Crippen LogP contribution in [0.3, 0.4) is 0 Å². The van der Waals surface area contributed by atoms with Crippen molar-refractivity contribution in [2.24, 2.45) is 0 Å². The Morgan fingerprint density at radius 1 is 1.21 bits per heavy atom. The monoisotopic (exact) mass is 453 g/mol. The number of methoxy groups -OCH3 is 1. The van der Waals surface area contributed by atoms with Gasteiger partial charge in [-0.2, -0.15) is 0 Å². The SMILES string of the molecule is COC(=O)C1Cc2ccc(Br)cc2CN1Cc1cc(=O)[nH]c(-c2ccccc2)n1. The third-order valence-electron chi connectivity index (χ3n) is 5.08. The lowest BCUT2D eigenvalue weighted by Gasteiger charge is -2.35. The number of fused-ring (bicyclic) bond motifs is 1. The van der Waals surface area contributed by atoms with Gasteiger partial charge in [0.25, 0.3) is 5.56 Å². The molecule has 2 heterocycles. The minimum Gasteiger partial charge on any atom is -0.468 e. The van der Waals surface area contributed by atoms with Crippen molar-refractivity contribution < 1.29 is 9.53 Å². The van der Waals surface area contributed by atoms with Crippen molar-refractivity contribution in [1.82, 2.24) is 14.9 Å². The number of H-pyrrole nitrogens is 1. The normalized spacial score (nSPS) is 16.3. The van der Waals surface area contributed by atoms with Gasteiger partial charge in [0.1, 0.15) is 11.9 Å². The molecule has 0 amide bonds. The van der Waals surface area contributed by atoms with Crippen LogP contribution in [-0.4, -0.2) is 34.0 Å². The average molecular weight is 454 g/mol. The topological polar surface area (TPSA) is 75.3 Å². The van der Waals surface area contributed by atoms with Gasteiger partial charge in [-0.15, -0.1) is 0 Å². The molecule has 6 nitrogen and oxygen atoms in total. The summed E-state index contributed by atoms with van der Waals surface area (Å²) < 4.78 is 6.03. The van der Waals surface area contributed by atoms with E-state index in [1.807, 2.05) is 47.4 Å². The predicted molar refractivity (Wildman–Crippen MR) is 113 cm³/mol. The summed E-state index contributed by atoms with van der Waals surface area (Å²) in [4.78, 5) is 34.1. The number of carbonyl (C=O) groups is 1. The Morgan fingerprint density at radius 2 is 2.00 bits per heavy atom. The lowest BCUT2D eigenvalue weighted by atomic mass is 9.94. The number of rotatable bonds is 4. The lowest BCUT2D eigenvalue weighted by molar-refractivity contribution is -0.148. The molecule has 0 bridgehead atoms. The van der Waals surface area contributed by atoms with Gasteiger partial charge in [0.2, 0.25) is 0 Å². The van der Waals surface area contributed by atoms with Gasteiger partial charge < -0.3 is 9.72 Å². The fourth-order valence-corrected chi connectivity index (χ4v) is 4.08. The highest BCUT2D eigenvalue weighted by molar-refractivity contribution is 9.10. The summed E-state index contributed by atoms with van der Waals surface area (Å²) in [6, 6.07) is 16.6. The molecule has 148 valence electrons. The van der Waals surface area contributed by atoms with Gasteiger partial charge in [-0.1, -0.05) is 52.3 Å². The van der Waals surface area contributed by atoms with Crippen LogP contribution in [0.4, 0.5) is 0 Å². The van der Waals surface area contributed by atoms with Gasteiger partial charge in [-0.3, -0.25) is 14.5 Å². The Morgan fingerprint density at radius 3 is 2.76 bits per heavy atom. The smallest absolute Gasteiger partial charge is 0.323 e. The number of aromatic amines is 1. The zero-order valence-electron chi connectivity index (χ0n) is 15.9. The molecular weight excluding hydrogens is 434 g/mol. The molecule has 1 atom stereocenters. The molecule has 29 heavy (non-hydrogen) atoms. The Bertz CT molecular complexity index is 1100. The maximum Gasteiger partial charge on any atom is 0.323 e. The van der Waals surface area contributed by atoms with E-state index in [1.54, 1.807) is 0 Å². The van der Waals surface area contributed by atoms with Gasteiger partial charge in [0, 0.05) is 29.2 Å². The number of carbonyl (C=O) groups excluding carboxylic acids is 1. The molecular formula is C22H20BrN3O3. The van der Waals surface area contributed by atoms with Crippen LogP contribution in [0.1, 0.15) is 16.8 Å². The number of nitrogens with zero attached hydrogens (tertiary/aromatic N) is 2. The first-order chi connectivity index (χ1) is 14.0. The number of esters is 1. The van der Waals surface area contributed by atoms with E-state index in [9.17, 15) is 9.59 Å². The van der Waals surface area contributed by atoms with Crippen LogP contribution in [-0.2, 0) is 29.0 Å². The van der Waals surface area contributed by atoms with Gasteiger partial charge >= 0.3 is 5.97 Å². The van der Waals surface area contributed by atoms with Crippen molar-refractivity contribution >= 4 is 21.9 Å². The molecule has 1 aromatic heterocycles. The molecule has 0 aliphatic carbocycles. The highest BCUT2D eigenvalue weighted by Gasteiger charge is 2.32.